The van der Waals surface area contributed by atoms with Crippen LogP contribution in [0.2, 0.25) is 0 Å². The van der Waals surface area contributed by atoms with E-state index in [2.05, 4.69) is 9.08 Å². The fraction of sp³-hybridized carbons (Fsp3) is 0.375. The van der Waals surface area contributed by atoms with E-state index in [0.717, 1.165) is 5.56 Å². The van der Waals surface area contributed by atoms with E-state index in [1.54, 1.807) is 12.1 Å². The Hall–Kier alpha value is -2.26. The molecule has 2 aliphatic rings. The van der Waals surface area contributed by atoms with Gasteiger partial charge in [0.2, 0.25) is 0 Å². The second-order valence-corrected chi connectivity index (χ2v) is 6.96. The van der Waals surface area contributed by atoms with Crippen molar-refractivity contribution in [1.29, 1.82) is 0 Å². The number of carbonyl (C=O) groups excluding carboxylic acids is 2. The lowest BCUT2D eigenvalue weighted by atomic mass is 10.0. The van der Waals surface area contributed by atoms with Crippen LogP contribution in [0.15, 0.2) is 36.4 Å². The van der Waals surface area contributed by atoms with Gasteiger partial charge in [-0.25, -0.2) is 0 Å². The summed E-state index contributed by atoms with van der Waals surface area (Å²) in [6.45, 7) is 1.92. The number of carbonyl (C=O) groups is 2. The summed E-state index contributed by atoms with van der Waals surface area (Å²) in [5.74, 6) is -0.601. The van der Waals surface area contributed by atoms with Crippen molar-refractivity contribution in [3.05, 3.63) is 42.0 Å². The molecule has 3 rings (SSSR count). The van der Waals surface area contributed by atoms with Crippen LogP contribution in [0.5, 0.6) is 5.75 Å². The highest BCUT2D eigenvalue weighted by Gasteiger charge is 2.33. The van der Waals surface area contributed by atoms with Crippen LogP contribution in [0, 0.1) is 0 Å². The van der Waals surface area contributed by atoms with Crippen LogP contribution >= 0.6 is 0 Å². The van der Waals surface area contributed by atoms with Crippen molar-refractivity contribution in [1.82, 2.24) is 9.80 Å². The Balaban J connectivity index is 1.57. The van der Waals surface area contributed by atoms with E-state index in [1.165, 1.54) is 29.2 Å². The SMILES string of the molecule is O=C1C=CC(=O)N1C1CCN(Cc2cccc(OS(=O)(=O)F)c2)CC1. The summed E-state index contributed by atoms with van der Waals surface area (Å²) in [4.78, 5) is 26.9. The number of likely N-dealkylation sites (tertiary alicyclic amines) is 1. The van der Waals surface area contributed by atoms with Crippen molar-refractivity contribution in [3.63, 3.8) is 0 Å². The summed E-state index contributed by atoms with van der Waals surface area (Å²) in [6, 6.07) is 6.12. The molecule has 1 saturated heterocycles. The number of benzene rings is 1. The quantitative estimate of drug-likeness (QED) is 0.573. The first kappa shape index (κ1) is 17.6. The third-order valence-electron chi connectivity index (χ3n) is 4.27. The minimum Gasteiger partial charge on any atom is -0.358 e. The first-order valence-corrected chi connectivity index (χ1v) is 9.13. The van der Waals surface area contributed by atoms with Gasteiger partial charge in [-0.05, 0) is 30.5 Å². The lowest BCUT2D eigenvalue weighted by Gasteiger charge is -2.35. The van der Waals surface area contributed by atoms with Crippen LogP contribution in [-0.2, 0) is 26.6 Å². The monoisotopic (exact) mass is 368 g/mol. The van der Waals surface area contributed by atoms with Gasteiger partial charge in [-0.15, -0.1) is 0 Å². The van der Waals surface area contributed by atoms with Crippen molar-refractivity contribution >= 4 is 22.3 Å². The second kappa shape index (κ2) is 6.93. The molecule has 0 aliphatic carbocycles. The molecule has 1 aromatic carbocycles. The molecule has 0 radical (unpaired) electrons. The van der Waals surface area contributed by atoms with Crippen molar-refractivity contribution in [2.75, 3.05) is 13.1 Å². The number of nitrogens with zero attached hydrogens (tertiary/aromatic N) is 2. The van der Waals surface area contributed by atoms with E-state index in [0.29, 0.717) is 32.5 Å². The maximum absolute atomic E-state index is 12.6. The second-order valence-electron chi connectivity index (χ2n) is 6.01. The van der Waals surface area contributed by atoms with Crippen LogP contribution in [0.1, 0.15) is 18.4 Å². The number of amides is 2. The molecule has 25 heavy (non-hydrogen) atoms. The summed E-state index contributed by atoms with van der Waals surface area (Å²) in [5.41, 5.74) is 0.787. The fourth-order valence-corrected chi connectivity index (χ4v) is 3.51. The lowest BCUT2D eigenvalue weighted by Crippen LogP contribution is -2.47. The third-order valence-corrected chi connectivity index (χ3v) is 4.66. The van der Waals surface area contributed by atoms with Crippen LogP contribution in [0.25, 0.3) is 0 Å². The number of imide groups is 1. The highest BCUT2D eigenvalue weighted by atomic mass is 32.3. The molecule has 1 aromatic rings. The van der Waals surface area contributed by atoms with E-state index in [4.69, 9.17) is 0 Å². The molecular formula is C16H17FN2O5S. The predicted octanol–water partition coefficient (Wildman–Crippen LogP) is 1.17. The largest absolute Gasteiger partial charge is 0.488 e. The number of hydrogen-bond acceptors (Lipinski definition) is 6. The number of piperidine rings is 1. The average Bonchev–Trinajstić information content (AvgIpc) is 2.86. The highest BCUT2D eigenvalue weighted by molar-refractivity contribution is 7.81. The maximum atomic E-state index is 12.6. The Bertz CT molecular complexity index is 798. The highest BCUT2D eigenvalue weighted by Crippen LogP contribution is 2.23. The van der Waals surface area contributed by atoms with Crippen molar-refractivity contribution in [2.24, 2.45) is 0 Å². The van der Waals surface area contributed by atoms with Gasteiger partial charge in [-0.3, -0.25) is 19.4 Å². The smallest absolute Gasteiger partial charge is 0.358 e. The molecule has 0 aromatic heterocycles. The van der Waals surface area contributed by atoms with Crippen molar-refractivity contribution in [2.45, 2.75) is 25.4 Å². The van der Waals surface area contributed by atoms with Crippen LogP contribution in [0.3, 0.4) is 0 Å². The van der Waals surface area contributed by atoms with Gasteiger partial charge < -0.3 is 4.18 Å². The van der Waals surface area contributed by atoms with Gasteiger partial charge in [-0.2, -0.15) is 8.42 Å². The van der Waals surface area contributed by atoms with Gasteiger partial charge in [0, 0.05) is 37.8 Å². The van der Waals surface area contributed by atoms with E-state index >= 15 is 0 Å². The molecule has 7 nitrogen and oxygen atoms in total. The summed E-state index contributed by atoms with van der Waals surface area (Å²) >= 11 is 0. The van der Waals surface area contributed by atoms with Crippen LogP contribution in [0.4, 0.5) is 3.89 Å². The minimum absolute atomic E-state index is 0.0748. The van der Waals surface area contributed by atoms with E-state index in [-0.39, 0.29) is 23.6 Å². The van der Waals surface area contributed by atoms with Crippen molar-refractivity contribution in [3.8, 4) is 5.75 Å². The molecule has 0 N–H and O–H groups in total. The zero-order valence-electron chi connectivity index (χ0n) is 13.3. The molecule has 0 spiro atoms. The zero-order chi connectivity index (χ0) is 18.0. The van der Waals surface area contributed by atoms with Crippen LogP contribution in [-0.4, -0.2) is 49.2 Å². The van der Waals surface area contributed by atoms with Gasteiger partial charge >= 0.3 is 10.5 Å². The number of hydrogen-bond donors (Lipinski definition) is 0. The number of rotatable bonds is 5. The summed E-state index contributed by atoms with van der Waals surface area (Å²) in [7, 11) is -5.04. The summed E-state index contributed by atoms with van der Waals surface area (Å²) in [6.07, 6.45) is 3.93. The van der Waals surface area contributed by atoms with Gasteiger partial charge in [0.1, 0.15) is 5.75 Å². The Morgan fingerprint density at radius 3 is 2.36 bits per heavy atom. The van der Waals surface area contributed by atoms with Gasteiger partial charge in [0.25, 0.3) is 11.8 Å². The lowest BCUT2D eigenvalue weighted by molar-refractivity contribution is -0.140. The maximum Gasteiger partial charge on any atom is 0.488 e. The summed E-state index contributed by atoms with van der Waals surface area (Å²) in [5, 5.41) is 0. The molecule has 2 aliphatic heterocycles. The fourth-order valence-electron chi connectivity index (χ4n) is 3.18. The summed E-state index contributed by atoms with van der Waals surface area (Å²) < 4.78 is 37.9. The molecular weight excluding hydrogens is 351 g/mol. The zero-order valence-corrected chi connectivity index (χ0v) is 14.1. The Labute approximate surface area is 145 Å². The molecule has 134 valence electrons. The molecule has 0 atom stereocenters. The first-order chi connectivity index (χ1) is 11.8. The minimum atomic E-state index is -5.04. The first-order valence-electron chi connectivity index (χ1n) is 7.82. The molecule has 0 bridgehead atoms. The number of halogens is 1. The topological polar surface area (TPSA) is 84.0 Å². The van der Waals surface area contributed by atoms with Gasteiger partial charge in [0.05, 0.1) is 0 Å². The molecule has 2 amide bonds. The Morgan fingerprint density at radius 2 is 1.76 bits per heavy atom. The molecule has 2 heterocycles. The average molecular weight is 368 g/mol. The van der Waals surface area contributed by atoms with Crippen LogP contribution < -0.4 is 4.18 Å². The third kappa shape index (κ3) is 4.43. The molecule has 1 fully saturated rings. The molecule has 9 heteroatoms. The molecule has 0 saturated carbocycles. The van der Waals surface area contributed by atoms with E-state index < -0.39 is 10.5 Å². The van der Waals surface area contributed by atoms with E-state index in [1.807, 2.05) is 0 Å². The van der Waals surface area contributed by atoms with Gasteiger partial charge in [0.15, 0.2) is 0 Å². The predicted molar refractivity (Wildman–Crippen MR) is 86.4 cm³/mol. The van der Waals surface area contributed by atoms with Crippen molar-refractivity contribution < 1.29 is 26.1 Å². The Morgan fingerprint density at radius 1 is 1.12 bits per heavy atom. The van der Waals surface area contributed by atoms with Gasteiger partial charge in [-0.1, -0.05) is 16.0 Å². The standard InChI is InChI=1S/C16H17FN2O5S/c17-25(22,23)24-14-3-1-2-12(10-14)11-18-8-6-13(7-9-18)19-15(20)4-5-16(19)21/h1-5,10,13H,6-9,11H2. The Kier molecular flexibility index (Phi) is 4.87. The normalized spacial score (nSPS) is 19.6. The molecule has 0 unspecified atom stereocenters. The van der Waals surface area contributed by atoms with E-state index in [9.17, 15) is 21.9 Å².